The highest BCUT2D eigenvalue weighted by Crippen LogP contribution is 2.35. The Morgan fingerprint density at radius 1 is 0.865 bits per heavy atom. The first-order valence-corrected chi connectivity index (χ1v) is 13.5. The molecule has 2 atom stereocenters. The van der Waals surface area contributed by atoms with Crippen molar-refractivity contribution in [2.24, 2.45) is 0 Å². The second-order valence-corrected chi connectivity index (χ2v) is 9.94. The third kappa shape index (κ3) is 7.08. The number of halogens is 2. The van der Waals surface area contributed by atoms with Crippen LogP contribution in [0.2, 0.25) is 0 Å². The average molecular weight is 508 g/mol. The minimum absolute atomic E-state index is 0.339. The molecule has 198 valence electrons. The van der Waals surface area contributed by atoms with Crippen molar-refractivity contribution in [2.75, 3.05) is 36.0 Å². The molecule has 3 aromatic carbocycles. The van der Waals surface area contributed by atoms with Crippen LogP contribution in [0.3, 0.4) is 0 Å². The van der Waals surface area contributed by atoms with Gasteiger partial charge in [0.2, 0.25) is 0 Å². The van der Waals surface area contributed by atoms with E-state index in [9.17, 15) is 13.9 Å². The maximum atomic E-state index is 14.0. The largest absolute Gasteiger partial charge is 0.390 e. The summed E-state index contributed by atoms with van der Waals surface area (Å²) >= 11 is 0. The summed E-state index contributed by atoms with van der Waals surface area (Å²) in [5.41, 5.74) is 5.20. The molecule has 0 aromatic heterocycles. The van der Waals surface area contributed by atoms with E-state index in [4.69, 9.17) is 0 Å². The van der Waals surface area contributed by atoms with Gasteiger partial charge in [0.15, 0.2) is 0 Å². The molecule has 0 amide bonds. The number of hydrogen-bond acceptors (Lipinski definition) is 4. The average Bonchev–Trinajstić information content (AvgIpc) is 2.90. The predicted molar refractivity (Wildman–Crippen MR) is 148 cm³/mol. The molecule has 2 N–H and O–H groups in total. The minimum Gasteiger partial charge on any atom is -0.390 e. The molecule has 3 aromatic rings. The molecule has 37 heavy (non-hydrogen) atoms. The van der Waals surface area contributed by atoms with E-state index in [1.807, 2.05) is 12.1 Å². The molecule has 0 radical (unpaired) electrons. The summed E-state index contributed by atoms with van der Waals surface area (Å²) in [7, 11) is 0. The van der Waals surface area contributed by atoms with Crippen LogP contribution in [0.15, 0.2) is 66.7 Å². The summed E-state index contributed by atoms with van der Waals surface area (Å²) in [6, 6.07) is 20.0. The Morgan fingerprint density at radius 3 is 2.32 bits per heavy atom. The van der Waals surface area contributed by atoms with Crippen molar-refractivity contribution in [2.45, 2.75) is 58.2 Å². The number of aliphatic hydroxyl groups excluding tert-OH is 1. The van der Waals surface area contributed by atoms with E-state index in [-0.39, 0.29) is 6.04 Å². The van der Waals surface area contributed by atoms with Gasteiger partial charge in [0.1, 0.15) is 11.6 Å². The normalized spacial score (nSPS) is 14.9. The summed E-state index contributed by atoms with van der Waals surface area (Å²) < 4.78 is 28.1. The number of nitrogens with one attached hydrogen (secondary N) is 1. The van der Waals surface area contributed by atoms with Crippen LogP contribution in [-0.4, -0.2) is 43.4 Å². The molecule has 0 saturated heterocycles. The number of fused-ring (bicyclic) bond motifs is 1. The Balaban J connectivity index is 1.56. The number of benzene rings is 3. The monoisotopic (exact) mass is 507 g/mol. The Bertz CT molecular complexity index is 1130. The van der Waals surface area contributed by atoms with Crippen LogP contribution in [-0.2, 0) is 19.4 Å². The third-order valence-electron chi connectivity index (χ3n) is 7.22. The van der Waals surface area contributed by atoms with Gasteiger partial charge in [0.25, 0.3) is 0 Å². The molecular weight excluding hydrogens is 468 g/mol. The van der Waals surface area contributed by atoms with Crippen LogP contribution in [0, 0.1) is 11.6 Å². The first-order valence-electron chi connectivity index (χ1n) is 13.5. The molecule has 0 saturated carbocycles. The van der Waals surface area contributed by atoms with Crippen LogP contribution >= 0.6 is 0 Å². The van der Waals surface area contributed by atoms with E-state index < -0.39 is 17.7 Å². The van der Waals surface area contributed by atoms with Crippen LogP contribution < -0.4 is 15.1 Å². The van der Waals surface area contributed by atoms with E-state index in [0.717, 1.165) is 56.3 Å². The molecule has 4 nitrogen and oxygen atoms in total. The Morgan fingerprint density at radius 2 is 1.59 bits per heavy atom. The zero-order valence-electron chi connectivity index (χ0n) is 22.0. The van der Waals surface area contributed by atoms with Crippen molar-refractivity contribution in [3.8, 4) is 0 Å². The second kappa shape index (κ2) is 13.0. The number of rotatable bonds is 12. The van der Waals surface area contributed by atoms with E-state index in [0.29, 0.717) is 25.1 Å². The topological polar surface area (TPSA) is 38.7 Å². The number of unbranched alkanes of at least 4 members (excludes halogenated alkanes) is 1. The minimum atomic E-state index is -0.740. The molecule has 0 bridgehead atoms. The predicted octanol–water partition coefficient (Wildman–Crippen LogP) is 5.72. The van der Waals surface area contributed by atoms with Crippen LogP contribution in [0.4, 0.5) is 20.2 Å². The van der Waals surface area contributed by atoms with Gasteiger partial charge < -0.3 is 20.2 Å². The number of aryl methyl sites for hydroxylation is 1. The first-order chi connectivity index (χ1) is 18.0. The molecular formula is C31H39F2N3O. The molecule has 0 fully saturated rings. The molecule has 0 unspecified atom stereocenters. The zero-order chi connectivity index (χ0) is 26.2. The number of para-hydroxylation sites is 2. The van der Waals surface area contributed by atoms with Crippen molar-refractivity contribution < 1.29 is 13.9 Å². The quantitative estimate of drug-likeness (QED) is 0.329. The lowest BCUT2D eigenvalue weighted by atomic mass is 9.97. The molecule has 1 heterocycles. The Labute approximate surface area is 219 Å². The summed E-state index contributed by atoms with van der Waals surface area (Å²) in [5, 5.41) is 14.9. The lowest BCUT2D eigenvalue weighted by Gasteiger charge is -2.44. The Kier molecular flexibility index (Phi) is 9.53. The van der Waals surface area contributed by atoms with E-state index in [1.165, 1.54) is 23.3 Å². The maximum Gasteiger partial charge on any atom is 0.126 e. The summed E-state index contributed by atoms with van der Waals surface area (Å²) in [6.45, 7) is 7.91. The molecule has 0 aliphatic carbocycles. The van der Waals surface area contributed by atoms with E-state index >= 15 is 0 Å². The SMILES string of the molecule is CCCCN1CCN([C@@H](Cc2cc(F)cc(F)c2)[C@H](O)CNCc2cccc(CC)c2)c2ccccc21. The molecule has 4 rings (SSSR count). The number of nitrogens with zero attached hydrogens (tertiary/aromatic N) is 2. The zero-order valence-corrected chi connectivity index (χ0v) is 22.0. The van der Waals surface area contributed by atoms with Gasteiger partial charge in [-0.15, -0.1) is 0 Å². The fraction of sp³-hybridized carbons (Fsp3) is 0.419. The molecule has 6 heteroatoms. The van der Waals surface area contributed by atoms with Crippen molar-refractivity contribution in [1.82, 2.24) is 5.32 Å². The van der Waals surface area contributed by atoms with Gasteiger partial charge in [-0.1, -0.05) is 56.7 Å². The van der Waals surface area contributed by atoms with Crippen molar-refractivity contribution in [3.63, 3.8) is 0 Å². The summed E-state index contributed by atoms with van der Waals surface area (Å²) in [6.07, 6.45) is 2.82. The smallest absolute Gasteiger partial charge is 0.126 e. The fourth-order valence-corrected chi connectivity index (χ4v) is 5.25. The van der Waals surface area contributed by atoms with Gasteiger partial charge in [-0.2, -0.15) is 0 Å². The van der Waals surface area contributed by atoms with Gasteiger partial charge in [-0.05, 0) is 60.2 Å². The first kappa shape index (κ1) is 27.1. The van der Waals surface area contributed by atoms with Crippen LogP contribution in [0.25, 0.3) is 0 Å². The van der Waals surface area contributed by atoms with Crippen LogP contribution in [0.1, 0.15) is 43.4 Å². The Hall–Kier alpha value is -2.96. The fourth-order valence-electron chi connectivity index (χ4n) is 5.25. The maximum absolute atomic E-state index is 14.0. The number of aliphatic hydroxyl groups is 1. The molecule has 0 spiro atoms. The highest BCUT2D eigenvalue weighted by molar-refractivity contribution is 5.74. The highest BCUT2D eigenvalue weighted by atomic mass is 19.1. The lowest BCUT2D eigenvalue weighted by Crippen LogP contribution is -2.53. The van der Waals surface area contributed by atoms with Crippen molar-refractivity contribution in [3.05, 3.63) is 95.1 Å². The highest BCUT2D eigenvalue weighted by Gasteiger charge is 2.32. The van der Waals surface area contributed by atoms with Gasteiger partial charge in [-0.3, -0.25) is 0 Å². The van der Waals surface area contributed by atoms with Gasteiger partial charge >= 0.3 is 0 Å². The van der Waals surface area contributed by atoms with Crippen molar-refractivity contribution >= 4 is 11.4 Å². The third-order valence-corrected chi connectivity index (χ3v) is 7.22. The van der Waals surface area contributed by atoms with Crippen LogP contribution in [0.5, 0.6) is 0 Å². The lowest BCUT2D eigenvalue weighted by molar-refractivity contribution is 0.136. The standard InChI is InChI=1S/C31H39F2N3O/c1-3-5-13-35-14-15-36(29-12-7-6-11-28(29)35)30(19-25-17-26(32)20-27(33)18-25)31(37)22-34-21-24-10-8-9-23(4-2)16-24/h6-12,16-18,20,30-31,34,37H,3-5,13-15,19,21-22H2,1-2H3/t30-,31+/m0/s1. The molecule has 1 aliphatic rings. The van der Waals surface area contributed by atoms with Crippen molar-refractivity contribution in [1.29, 1.82) is 0 Å². The van der Waals surface area contributed by atoms with Gasteiger partial charge in [-0.25, -0.2) is 8.78 Å². The van der Waals surface area contributed by atoms with E-state index in [2.05, 4.69) is 65.4 Å². The number of anilines is 2. The number of hydrogen-bond donors (Lipinski definition) is 2. The second-order valence-electron chi connectivity index (χ2n) is 9.94. The van der Waals surface area contributed by atoms with Gasteiger partial charge in [0.05, 0.1) is 23.5 Å². The van der Waals surface area contributed by atoms with E-state index in [1.54, 1.807) is 0 Å². The summed E-state index contributed by atoms with van der Waals surface area (Å²) in [4.78, 5) is 4.63. The summed E-state index contributed by atoms with van der Waals surface area (Å²) in [5.74, 6) is -1.19. The molecule has 1 aliphatic heterocycles. The van der Waals surface area contributed by atoms with Gasteiger partial charge in [0, 0.05) is 38.8 Å².